The van der Waals surface area contributed by atoms with Crippen molar-refractivity contribution in [3.8, 4) is 0 Å². The fraction of sp³-hybridized carbons (Fsp3) is 0.300. The van der Waals surface area contributed by atoms with Crippen molar-refractivity contribution in [3.63, 3.8) is 0 Å². The number of ether oxygens (including phenoxy) is 6. The Morgan fingerprint density at radius 2 is 1.07 bits per heavy atom. The molecule has 160 valence electrons. The van der Waals surface area contributed by atoms with Crippen molar-refractivity contribution < 1.29 is 47.6 Å². The molecule has 0 spiro atoms. The van der Waals surface area contributed by atoms with E-state index in [1.54, 1.807) is 36.5 Å². The van der Waals surface area contributed by atoms with E-state index in [2.05, 4.69) is 9.47 Å². The van der Waals surface area contributed by atoms with Crippen molar-refractivity contribution in [2.45, 2.75) is 12.2 Å². The third-order valence-electron chi connectivity index (χ3n) is 3.37. The highest BCUT2D eigenvalue weighted by atomic mass is 16.8. The van der Waals surface area contributed by atoms with Gasteiger partial charge in [0, 0.05) is 12.2 Å². The van der Waals surface area contributed by atoms with Crippen LogP contribution < -0.4 is 0 Å². The van der Waals surface area contributed by atoms with E-state index in [1.165, 1.54) is 24.3 Å². The lowest BCUT2D eigenvalue weighted by Gasteiger charge is -2.05. The standard InChI is InChI=1S/C20H20O10/c21-17(25-11-15-13-27-19(23)29-15)9-7-5-3-1-2-4-6-8-10-18(22)26-12-16-14-28-20(24)30-16/h1-10,15-16H,11-14H2/b2-1+,5-3+,6-4+,9-7+,10-8+. The molecule has 0 aromatic heterocycles. The van der Waals surface area contributed by atoms with E-state index in [9.17, 15) is 19.2 Å². The molecular weight excluding hydrogens is 400 g/mol. The summed E-state index contributed by atoms with van der Waals surface area (Å²) >= 11 is 0. The molecule has 2 aliphatic rings. The second kappa shape index (κ2) is 12.6. The minimum Gasteiger partial charge on any atom is -0.458 e. The van der Waals surface area contributed by atoms with Crippen molar-refractivity contribution in [2.75, 3.05) is 26.4 Å². The van der Waals surface area contributed by atoms with E-state index < -0.39 is 36.5 Å². The average molecular weight is 420 g/mol. The molecule has 0 bridgehead atoms. The molecule has 30 heavy (non-hydrogen) atoms. The van der Waals surface area contributed by atoms with Gasteiger partial charge in [-0.25, -0.2) is 19.2 Å². The van der Waals surface area contributed by atoms with Crippen LogP contribution in [0.25, 0.3) is 0 Å². The Kier molecular flexibility index (Phi) is 9.44. The van der Waals surface area contributed by atoms with E-state index in [0.717, 1.165) is 0 Å². The lowest BCUT2D eigenvalue weighted by molar-refractivity contribution is -0.140. The van der Waals surface area contributed by atoms with Crippen LogP contribution in [0.2, 0.25) is 0 Å². The van der Waals surface area contributed by atoms with Gasteiger partial charge in [0.25, 0.3) is 0 Å². The Bertz CT molecular complexity index is 710. The van der Waals surface area contributed by atoms with Crippen LogP contribution >= 0.6 is 0 Å². The zero-order valence-corrected chi connectivity index (χ0v) is 15.8. The number of hydrogen-bond acceptors (Lipinski definition) is 10. The molecule has 0 aliphatic carbocycles. The van der Waals surface area contributed by atoms with Crippen molar-refractivity contribution in [3.05, 3.63) is 60.8 Å². The lowest BCUT2D eigenvalue weighted by Crippen LogP contribution is -2.19. The van der Waals surface area contributed by atoms with Crippen molar-refractivity contribution in [1.29, 1.82) is 0 Å². The van der Waals surface area contributed by atoms with Crippen LogP contribution in [0.3, 0.4) is 0 Å². The van der Waals surface area contributed by atoms with Crippen LogP contribution in [-0.4, -0.2) is 62.9 Å². The molecule has 0 N–H and O–H groups in total. The highest BCUT2D eigenvalue weighted by molar-refractivity contribution is 5.82. The number of allylic oxidation sites excluding steroid dienone is 8. The summed E-state index contributed by atoms with van der Waals surface area (Å²) in [5.74, 6) is -1.13. The first kappa shape index (κ1) is 22.5. The van der Waals surface area contributed by atoms with E-state index in [0.29, 0.717) is 0 Å². The van der Waals surface area contributed by atoms with Crippen LogP contribution in [0, 0.1) is 0 Å². The minimum absolute atomic E-state index is 0.0627. The molecule has 10 heteroatoms. The zero-order valence-electron chi connectivity index (χ0n) is 15.8. The van der Waals surface area contributed by atoms with Gasteiger partial charge in [0.05, 0.1) is 0 Å². The van der Waals surface area contributed by atoms with Gasteiger partial charge in [0.1, 0.15) is 26.4 Å². The Morgan fingerprint density at radius 3 is 1.40 bits per heavy atom. The monoisotopic (exact) mass is 420 g/mol. The quantitative estimate of drug-likeness (QED) is 0.224. The Labute approximate surface area is 172 Å². The Morgan fingerprint density at radius 1 is 0.700 bits per heavy atom. The topological polar surface area (TPSA) is 124 Å². The normalized spacial score (nSPS) is 21.5. The summed E-state index contributed by atoms with van der Waals surface area (Å²) in [7, 11) is 0. The van der Waals surface area contributed by atoms with Crippen LogP contribution in [0.15, 0.2) is 60.8 Å². The number of esters is 2. The van der Waals surface area contributed by atoms with Gasteiger partial charge in [-0.2, -0.15) is 0 Å². The number of rotatable bonds is 10. The molecule has 2 atom stereocenters. The maximum absolute atomic E-state index is 11.5. The van der Waals surface area contributed by atoms with Gasteiger partial charge in [-0.3, -0.25) is 0 Å². The number of cyclic esters (lactones) is 4. The highest BCUT2D eigenvalue weighted by Gasteiger charge is 2.26. The molecule has 2 aliphatic heterocycles. The molecule has 2 unspecified atom stereocenters. The molecule has 2 saturated heterocycles. The average Bonchev–Trinajstić information content (AvgIpc) is 3.33. The van der Waals surface area contributed by atoms with Gasteiger partial charge in [-0.15, -0.1) is 0 Å². The van der Waals surface area contributed by atoms with Crippen LogP contribution in [-0.2, 0) is 38.0 Å². The summed E-state index contributed by atoms with van der Waals surface area (Å²) in [4.78, 5) is 44.3. The van der Waals surface area contributed by atoms with Crippen LogP contribution in [0.4, 0.5) is 9.59 Å². The van der Waals surface area contributed by atoms with E-state index in [4.69, 9.17) is 18.9 Å². The molecule has 0 saturated carbocycles. The molecule has 0 amide bonds. The predicted molar refractivity (Wildman–Crippen MR) is 100 cm³/mol. The SMILES string of the molecule is O=C(/C=C/C=C/C=C/C=C/C=C/C(=O)OCC1COC(=O)O1)OCC1COC(=O)O1. The van der Waals surface area contributed by atoms with Gasteiger partial charge >= 0.3 is 24.2 Å². The molecular formula is C20H20O10. The molecule has 2 heterocycles. The van der Waals surface area contributed by atoms with Gasteiger partial charge < -0.3 is 28.4 Å². The third kappa shape index (κ3) is 9.40. The van der Waals surface area contributed by atoms with Gasteiger partial charge in [0.15, 0.2) is 12.2 Å². The smallest absolute Gasteiger partial charge is 0.458 e. The summed E-state index contributed by atoms with van der Waals surface area (Å²) in [6.07, 6.45) is 12.8. The van der Waals surface area contributed by atoms with Crippen LogP contribution in [0.5, 0.6) is 0 Å². The fourth-order valence-electron chi connectivity index (χ4n) is 1.99. The second-order valence-electron chi connectivity index (χ2n) is 5.73. The Balaban J connectivity index is 1.53. The number of carbonyl (C=O) groups excluding carboxylic acids is 4. The summed E-state index contributed by atoms with van der Waals surface area (Å²) in [5.41, 5.74) is 0. The first-order chi connectivity index (χ1) is 14.5. The van der Waals surface area contributed by atoms with E-state index in [1.807, 2.05) is 0 Å². The van der Waals surface area contributed by atoms with E-state index in [-0.39, 0.29) is 26.4 Å². The molecule has 2 rings (SSSR count). The van der Waals surface area contributed by atoms with Gasteiger partial charge in [0.2, 0.25) is 0 Å². The highest BCUT2D eigenvalue weighted by Crippen LogP contribution is 2.07. The Hall–Kier alpha value is -3.82. The summed E-state index contributed by atoms with van der Waals surface area (Å²) in [6.45, 7) is 0.00847. The van der Waals surface area contributed by atoms with Crippen molar-refractivity contribution >= 4 is 24.2 Å². The van der Waals surface area contributed by atoms with Crippen LogP contribution in [0.1, 0.15) is 0 Å². The number of carbonyl (C=O) groups is 4. The fourth-order valence-corrected chi connectivity index (χ4v) is 1.99. The second-order valence-corrected chi connectivity index (χ2v) is 5.73. The van der Waals surface area contributed by atoms with Crippen molar-refractivity contribution in [2.24, 2.45) is 0 Å². The molecule has 2 fully saturated rings. The third-order valence-corrected chi connectivity index (χ3v) is 3.37. The van der Waals surface area contributed by atoms with Gasteiger partial charge in [-0.1, -0.05) is 48.6 Å². The molecule has 0 aromatic carbocycles. The molecule has 0 radical (unpaired) electrons. The van der Waals surface area contributed by atoms with Gasteiger partial charge in [-0.05, 0) is 0 Å². The maximum Gasteiger partial charge on any atom is 0.508 e. The zero-order chi connectivity index (χ0) is 21.6. The molecule has 0 aromatic rings. The van der Waals surface area contributed by atoms with Crippen molar-refractivity contribution in [1.82, 2.24) is 0 Å². The largest absolute Gasteiger partial charge is 0.508 e. The predicted octanol–water partition coefficient (Wildman–Crippen LogP) is 1.92. The molecule has 10 nitrogen and oxygen atoms in total. The van der Waals surface area contributed by atoms with E-state index >= 15 is 0 Å². The maximum atomic E-state index is 11.5. The summed E-state index contributed by atoms with van der Waals surface area (Å²) in [6, 6.07) is 0. The first-order valence-corrected chi connectivity index (χ1v) is 8.88. The minimum atomic E-state index is -0.769. The first-order valence-electron chi connectivity index (χ1n) is 8.88. The lowest BCUT2D eigenvalue weighted by atomic mass is 10.3. The summed E-state index contributed by atoms with van der Waals surface area (Å²) < 4.78 is 28.4. The number of hydrogen-bond donors (Lipinski definition) is 0. The summed E-state index contributed by atoms with van der Waals surface area (Å²) in [5, 5.41) is 0.